The van der Waals surface area contributed by atoms with Gasteiger partial charge in [0.2, 0.25) is 0 Å². The normalized spacial score (nSPS) is 19.8. The van der Waals surface area contributed by atoms with E-state index in [2.05, 4.69) is 0 Å². The zero-order valence-corrected chi connectivity index (χ0v) is 13.8. The SMILES string of the molecule is NCC[C@@H](O)C[C@@H](N)C[C@@H](O)C[C@@H](O)C[C@@H](O)C[C@H](O)CCN. The van der Waals surface area contributed by atoms with E-state index in [-0.39, 0.29) is 31.7 Å². The maximum absolute atomic E-state index is 9.92. The lowest BCUT2D eigenvalue weighted by Gasteiger charge is -2.22. The lowest BCUT2D eigenvalue weighted by molar-refractivity contribution is 0.0146. The molecule has 0 aliphatic carbocycles. The third-order valence-electron chi connectivity index (χ3n) is 3.78. The first kappa shape index (κ1) is 22.7. The summed E-state index contributed by atoms with van der Waals surface area (Å²) in [5.74, 6) is 0. The number of aliphatic hydroxyl groups excluding tert-OH is 5. The van der Waals surface area contributed by atoms with E-state index in [0.29, 0.717) is 32.4 Å². The fourth-order valence-electron chi connectivity index (χ4n) is 2.65. The molecule has 140 valence electrons. The van der Waals surface area contributed by atoms with Crippen molar-refractivity contribution in [3.8, 4) is 0 Å². The molecule has 0 spiro atoms. The number of hydrogen-bond donors (Lipinski definition) is 8. The molecule has 0 aromatic rings. The molecule has 0 unspecified atom stereocenters. The molecular formula is C15H35N3O5. The molecule has 0 fully saturated rings. The molecule has 0 aromatic heterocycles. The number of hydrogen-bond acceptors (Lipinski definition) is 8. The summed E-state index contributed by atoms with van der Waals surface area (Å²) < 4.78 is 0. The summed E-state index contributed by atoms with van der Waals surface area (Å²) >= 11 is 0. The summed E-state index contributed by atoms with van der Waals surface area (Å²) in [6, 6.07) is -0.380. The Morgan fingerprint density at radius 3 is 1.26 bits per heavy atom. The van der Waals surface area contributed by atoms with Gasteiger partial charge >= 0.3 is 0 Å². The maximum atomic E-state index is 9.92. The minimum Gasteiger partial charge on any atom is -0.393 e. The first-order chi connectivity index (χ1) is 10.8. The molecule has 6 atom stereocenters. The summed E-state index contributed by atoms with van der Waals surface area (Å²) in [5.41, 5.74) is 16.5. The molecule has 8 heteroatoms. The Bertz CT molecular complexity index is 260. The lowest BCUT2D eigenvalue weighted by atomic mass is 9.96. The second kappa shape index (κ2) is 13.0. The van der Waals surface area contributed by atoms with Gasteiger partial charge in [-0.25, -0.2) is 0 Å². The van der Waals surface area contributed by atoms with Crippen molar-refractivity contribution >= 4 is 0 Å². The first-order valence-electron chi connectivity index (χ1n) is 8.34. The molecule has 0 radical (unpaired) electrons. The standard InChI is InChI=1S/C15H35N3O5/c16-3-1-11(19)5-10(18)6-13(21)8-15(23)9-14(22)7-12(20)2-4-17/h10-15,19-23H,1-9,16-18H2/t10-,11-,12-,13-,14+,15-/m1/s1. The van der Waals surface area contributed by atoms with Crippen LogP contribution in [0.2, 0.25) is 0 Å². The molecule has 23 heavy (non-hydrogen) atoms. The second-order valence-corrected chi connectivity index (χ2v) is 6.36. The third kappa shape index (κ3) is 12.7. The maximum Gasteiger partial charge on any atom is 0.0589 e. The van der Waals surface area contributed by atoms with Crippen molar-refractivity contribution < 1.29 is 25.5 Å². The van der Waals surface area contributed by atoms with E-state index >= 15 is 0 Å². The number of aliphatic hydroxyl groups is 5. The number of rotatable bonds is 14. The van der Waals surface area contributed by atoms with Crippen molar-refractivity contribution in [1.29, 1.82) is 0 Å². The average molecular weight is 337 g/mol. The van der Waals surface area contributed by atoms with Crippen molar-refractivity contribution in [2.75, 3.05) is 13.1 Å². The van der Waals surface area contributed by atoms with Gasteiger partial charge in [0.25, 0.3) is 0 Å². The fourth-order valence-corrected chi connectivity index (χ4v) is 2.65. The minimum absolute atomic E-state index is 0.0731. The van der Waals surface area contributed by atoms with Crippen molar-refractivity contribution in [1.82, 2.24) is 0 Å². The van der Waals surface area contributed by atoms with Crippen LogP contribution in [0.5, 0.6) is 0 Å². The zero-order chi connectivity index (χ0) is 17.8. The van der Waals surface area contributed by atoms with Crippen molar-refractivity contribution in [2.24, 2.45) is 17.2 Å². The highest BCUT2D eigenvalue weighted by molar-refractivity contribution is 4.75. The molecule has 8 nitrogen and oxygen atoms in total. The Morgan fingerprint density at radius 2 is 0.826 bits per heavy atom. The van der Waals surface area contributed by atoms with E-state index in [1.165, 1.54) is 0 Å². The summed E-state index contributed by atoms with van der Waals surface area (Å²) in [7, 11) is 0. The van der Waals surface area contributed by atoms with Crippen LogP contribution in [0.4, 0.5) is 0 Å². The summed E-state index contributed by atoms with van der Waals surface area (Å²) in [6.07, 6.45) is -2.05. The highest BCUT2D eigenvalue weighted by atomic mass is 16.3. The van der Waals surface area contributed by atoms with E-state index < -0.39 is 30.5 Å². The molecule has 0 bridgehead atoms. The molecule has 0 saturated heterocycles. The molecular weight excluding hydrogens is 302 g/mol. The lowest BCUT2D eigenvalue weighted by Crippen LogP contribution is -2.33. The highest BCUT2D eigenvalue weighted by Gasteiger charge is 2.20. The molecule has 0 heterocycles. The van der Waals surface area contributed by atoms with Gasteiger partial charge in [0.15, 0.2) is 0 Å². The van der Waals surface area contributed by atoms with Crippen LogP contribution in [0, 0.1) is 0 Å². The highest BCUT2D eigenvalue weighted by Crippen LogP contribution is 2.14. The van der Waals surface area contributed by atoms with Gasteiger partial charge in [0.05, 0.1) is 30.5 Å². The van der Waals surface area contributed by atoms with E-state index in [9.17, 15) is 25.5 Å². The van der Waals surface area contributed by atoms with E-state index in [1.807, 2.05) is 0 Å². The van der Waals surface area contributed by atoms with Crippen LogP contribution in [-0.2, 0) is 0 Å². The Morgan fingerprint density at radius 1 is 0.522 bits per heavy atom. The van der Waals surface area contributed by atoms with Gasteiger partial charge < -0.3 is 42.7 Å². The fraction of sp³-hybridized carbons (Fsp3) is 1.00. The summed E-state index contributed by atoms with van der Waals surface area (Å²) in [5, 5.41) is 48.7. The molecule has 0 aliphatic rings. The Labute approximate surface area is 138 Å². The van der Waals surface area contributed by atoms with Gasteiger partial charge in [0.1, 0.15) is 0 Å². The van der Waals surface area contributed by atoms with Gasteiger partial charge in [0, 0.05) is 6.04 Å². The Balaban J connectivity index is 3.97. The summed E-state index contributed by atoms with van der Waals surface area (Å²) in [6.45, 7) is 0.714. The second-order valence-electron chi connectivity index (χ2n) is 6.36. The third-order valence-corrected chi connectivity index (χ3v) is 3.78. The van der Waals surface area contributed by atoms with Gasteiger partial charge in [-0.05, 0) is 58.0 Å². The van der Waals surface area contributed by atoms with Crippen LogP contribution >= 0.6 is 0 Å². The molecule has 0 rings (SSSR count). The topological polar surface area (TPSA) is 179 Å². The van der Waals surface area contributed by atoms with Gasteiger partial charge in [-0.1, -0.05) is 0 Å². The summed E-state index contributed by atoms with van der Waals surface area (Å²) in [4.78, 5) is 0. The molecule has 0 saturated carbocycles. The van der Waals surface area contributed by atoms with Crippen LogP contribution < -0.4 is 17.2 Å². The smallest absolute Gasteiger partial charge is 0.0589 e. The minimum atomic E-state index is -0.883. The Kier molecular flexibility index (Phi) is 12.8. The van der Waals surface area contributed by atoms with Gasteiger partial charge in [-0.3, -0.25) is 0 Å². The van der Waals surface area contributed by atoms with E-state index in [4.69, 9.17) is 17.2 Å². The molecule has 0 aromatic carbocycles. The van der Waals surface area contributed by atoms with Crippen LogP contribution in [0.3, 0.4) is 0 Å². The quantitative estimate of drug-likeness (QED) is 0.175. The first-order valence-corrected chi connectivity index (χ1v) is 8.34. The van der Waals surface area contributed by atoms with Crippen LogP contribution in [0.25, 0.3) is 0 Å². The molecule has 0 amide bonds. The molecule has 11 N–H and O–H groups in total. The monoisotopic (exact) mass is 337 g/mol. The van der Waals surface area contributed by atoms with Gasteiger partial charge in [-0.15, -0.1) is 0 Å². The predicted molar refractivity (Wildman–Crippen MR) is 88.4 cm³/mol. The largest absolute Gasteiger partial charge is 0.393 e. The van der Waals surface area contributed by atoms with Gasteiger partial charge in [-0.2, -0.15) is 0 Å². The van der Waals surface area contributed by atoms with Crippen LogP contribution in [0.15, 0.2) is 0 Å². The Hall–Kier alpha value is -0.320. The van der Waals surface area contributed by atoms with E-state index in [1.54, 1.807) is 0 Å². The van der Waals surface area contributed by atoms with Crippen molar-refractivity contribution in [3.05, 3.63) is 0 Å². The van der Waals surface area contributed by atoms with Crippen molar-refractivity contribution in [3.63, 3.8) is 0 Å². The number of nitrogens with two attached hydrogens (primary N) is 3. The average Bonchev–Trinajstić information content (AvgIpc) is 2.37. The van der Waals surface area contributed by atoms with E-state index in [0.717, 1.165) is 0 Å². The zero-order valence-electron chi connectivity index (χ0n) is 13.8. The van der Waals surface area contributed by atoms with Crippen LogP contribution in [-0.4, -0.2) is 75.2 Å². The van der Waals surface area contributed by atoms with Crippen molar-refractivity contribution in [2.45, 2.75) is 81.5 Å². The molecule has 0 aliphatic heterocycles. The van der Waals surface area contributed by atoms with Crippen LogP contribution in [0.1, 0.15) is 44.9 Å². The predicted octanol–water partition coefficient (Wildman–Crippen LogP) is -2.23.